The Morgan fingerprint density at radius 1 is 1.00 bits per heavy atom. The van der Waals surface area contributed by atoms with E-state index in [0.717, 1.165) is 25.0 Å². The second-order valence-corrected chi connectivity index (χ2v) is 9.49. The number of aromatic nitrogens is 4. The molecule has 0 bridgehead atoms. The number of imidazole rings is 1. The van der Waals surface area contributed by atoms with E-state index >= 15 is 0 Å². The molecule has 5 rings (SSSR count). The molecule has 2 aromatic heterocycles. The van der Waals surface area contributed by atoms with Crippen molar-refractivity contribution in [3.63, 3.8) is 0 Å². The SMILES string of the molecule is NCC1CCN(c2c(F)cccc2NC(=O)c2nc(-c3cc(NCc4ccc(F)c(F)c4)nc(N)n3)c[nH]2)CC1. The van der Waals surface area contributed by atoms with Crippen LogP contribution in [0.1, 0.15) is 29.0 Å². The molecular formula is C27H28F3N9O. The Morgan fingerprint density at radius 2 is 1.80 bits per heavy atom. The molecule has 2 aromatic carbocycles. The van der Waals surface area contributed by atoms with Crippen LogP contribution in [0.25, 0.3) is 11.4 Å². The number of carbonyl (C=O) groups is 1. The highest BCUT2D eigenvalue weighted by Crippen LogP contribution is 2.33. The van der Waals surface area contributed by atoms with Gasteiger partial charge in [-0.05, 0) is 55.1 Å². The van der Waals surface area contributed by atoms with Crippen LogP contribution >= 0.6 is 0 Å². The number of carbonyl (C=O) groups excluding carboxylic acids is 1. The predicted octanol–water partition coefficient (Wildman–Crippen LogP) is 3.91. The van der Waals surface area contributed by atoms with Gasteiger partial charge in [0.25, 0.3) is 5.91 Å². The van der Waals surface area contributed by atoms with Crippen LogP contribution in [0, 0.1) is 23.4 Å². The Labute approximate surface area is 228 Å². The van der Waals surface area contributed by atoms with Gasteiger partial charge in [-0.3, -0.25) is 4.79 Å². The summed E-state index contributed by atoms with van der Waals surface area (Å²) in [5.74, 6) is -2.22. The first-order valence-corrected chi connectivity index (χ1v) is 12.7. The third kappa shape index (κ3) is 5.99. The fraction of sp³-hybridized carbons (Fsp3) is 0.259. The van der Waals surface area contributed by atoms with E-state index in [-0.39, 0.29) is 18.3 Å². The highest BCUT2D eigenvalue weighted by Gasteiger charge is 2.24. The fourth-order valence-electron chi connectivity index (χ4n) is 4.61. The summed E-state index contributed by atoms with van der Waals surface area (Å²) in [6.07, 6.45) is 3.18. The molecule has 1 aliphatic rings. The van der Waals surface area contributed by atoms with Crippen molar-refractivity contribution in [2.24, 2.45) is 11.7 Å². The Balaban J connectivity index is 1.30. The van der Waals surface area contributed by atoms with E-state index in [0.29, 0.717) is 59.7 Å². The summed E-state index contributed by atoms with van der Waals surface area (Å²) in [4.78, 5) is 30.4. The van der Waals surface area contributed by atoms with Crippen molar-refractivity contribution in [3.8, 4) is 11.4 Å². The molecule has 3 heterocycles. The Bertz CT molecular complexity index is 1520. The molecule has 10 nitrogen and oxygen atoms in total. The van der Waals surface area contributed by atoms with E-state index in [1.807, 2.05) is 4.90 Å². The Kier molecular flexibility index (Phi) is 7.82. The first-order valence-electron chi connectivity index (χ1n) is 12.7. The first kappa shape index (κ1) is 26.9. The molecule has 1 amide bonds. The van der Waals surface area contributed by atoms with Crippen LogP contribution in [0.2, 0.25) is 0 Å². The van der Waals surface area contributed by atoms with Gasteiger partial charge in [-0.15, -0.1) is 0 Å². The van der Waals surface area contributed by atoms with Gasteiger partial charge >= 0.3 is 0 Å². The zero-order chi connectivity index (χ0) is 28.2. The third-order valence-corrected chi connectivity index (χ3v) is 6.76. The van der Waals surface area contributed by atoms with Gasteiger partial charge < -0.3 is 32.0 Å². The maximum Gasteiger partial charge on any atom is 0.291 e. The number of nitrogens with one attached hydrogen (secondary N) is 3. The van der Waals surface area contributed by atoms with Crippen LogP contribution in [0.3, 0.4) is 0 Å². The molecule has 208 valence electrons. The molecular weight excluding hydrogens is 523 g/mol. The van der Waals surface area contributed by atoms with E-state index < -0.39 is 23.4 Å². The number of benzene rings is 2. The molecule has 1 fully saturated rings. The van der Waals surface area contributed by atoms with E-state index in [9.17, 15) is 18.0 Å². The minimum Gasteiger partial charge on any atom is -0.368 e. The van der Waals surface area contributed by atoms with Gasteiger partial charge in [-0.2, -0.15) is 4.98 Å². The van der Waals surface area contributed by atoms with E-state index in [4.69, 9.17) is 11.5 Å². The topological polar surface area (TPSA) is 151 Å². The molecule has 0 aliphatic carbocycles. The molecule has 0 atom stereocenters. The largest absolute Gasteiger partial charge is 0.368 e. The second kappa shape index (κ2) is 11.6. The maximum atomic E-state index is 14.9. The lowest BCUT2D eigenvalue weighted by Crippen LogP contribution is -2.37. The number of rotatable bonds is 8. The Hall–Kier alpha value is -4.65. The molecule has 1 aliphatic heterocycles. The number of para-hydroxylation sites is 1. The summed E-state index contributed by atoms with van der Waals surface area (Å²) in [5, 5.41) is 5.74. The van der Waals surface area contributed by atoms with Gasteiger partial charge in [-0.25, -0.2) is 23.1 Å². The minimum absolute atomic E-state index is 0.0134. The van der Waals surface area contributed by atoms with Crippen LogP contribution in [-0.2, 0) is 6.54 Å². The molecule has 7 N–H and O–H groups in total. The average Bonchev–Trinajstić information content (AvgIpc) is 3.45. The predicted molar refractivity (Wildman–Crippen MR) is 146 cm³/mol. The number of halogens is 3. The minimum atomic E-state index is -0.953. The number of aromatic amines is 1. The van der Waals surface area contributed by atoms with E-state index in [1.165, 1.54) is 24.4 Å². The van der Waals surface area contributed by atoms with Crippen molar-refractivity contribution in [1.29, 1.82) is 0 Å². The number of nitrogen functional groups attached to an aromatic ring is 1. The van der Waals surface area contributed by atoms with Gasteiger partial charge in [0, 0.05) is 31.9 Å². The normalized spacial score (nSPS) is 13.8. The van der Waals surface area contributed by atoms with Crippen molar-refractivity contribution in [3.05, 3.63) is 77.5 Å². The molecule has 1 saturated heterocycles. The van der Waals surface area contributed by atoms with Crippen molar-refractivity contribution in [2.75, 3.05) is 40.9 Å². The van der Waals surface area contributed by atoms with Crippen LogP contribution in [-0.4, -0.2) is 45.5 Å². The van der Waals surface area contributed by atoms with Crippen molar-refractivity contribution in [2.45, 2.75) is 19.4 Å². The van der Waals surface area contributed by atoms with Crippen LogP contribution in [0.5, 0.6) is 0 Å². The highest BCUT2D eigenvalue weighted by molar-refractivity contribution is 6.04. The average molecular weight is 552 g/mol. The number of nitrogens with zero attached hydrogens (tertiary/aromatic N) is 4. The number of nitrogens with two attached hydrogens (primary N) is 2. The number of piperidine rings is 1. The van der Waals surface area contributed by atoms with Crippen molar-refractivity contribution >= 4 is 29.0 Å². The Morgan fingerprint density at radius 3 is 2.55 bits per heavy atom. The smallest absolute Gasteiger partial charge is 0.291 e. The number of anilines is 4. The van der Waals surface area contributed by atoms with Crippen LogP contribution in [0.15, 0.2) is 48.7 Å². The molecule has 13 heteroatoms. The number of hydrogen-bond acceptors (Lipinski definition) is 8. The summed E-state index contributed by atoms with van der Waals surface area (Å²) in [5.41, 5.74) is 13.5. The lowest BCUT2D eigenvalue weighted by atomic mass is 9.96. The van der Waals surface area contributed by atoms with Crippen molar-refractivity contribution < 1.29 is 18.0 Å². The lowest BCUT2D eigenvalue weighted by molar-refractivity contribution is 0.101. The zero-order valence-corrected chi connectivity index (χ0v) is 21.4. The van der Waals surface area contributed by atoms with E-state index in [1.54, 1.807) is 12.1 Å². The van der Waals surface area contributed by atoms with Gasteiger partial charge in [0.1, 0.15) is 17.3 Å². The molecule has 0 radical (unpaired) electrons. The maximum absolute atomic E-state index is 14.9. The van der Waals surface area contributed by atoms with Gasteiger partial charge in [0.15, 0.2) is 17.5 Å². The monoisotopic (exact) mass is 551 g/mol. The first-order chi connectivity index (χ1) is 19.3. The van der Waals surface area contributed by atoms with Crippen LogP contribution in [0.4, 0.5) is 36.3 Å². The molecule has 0 saturated carbocycles. The highest BCUT2D eigenvalue weighted by atomic mass is 19.2. The summed E-state index contributed by atoms with van der Waals surface area (Å²) in [6, 6.07) is 9.67. The summed E-state index contributed by atoms with van der Waals surface area (Å²) in [6.45, 7) is 2.02. The fourth-order valence-corrected chi connectivity index (χ4v) is 4.61. The van der Waals surface area contributed by atoms with Gasteiger partial charge in [-0.1, -0.05) is 12.1 Å². The quantitative estimate of drug-likeness (QED) is 0.221. The molecule has 0 spiro atoms. The standard InChI is InChI=1S/C27H28F3N9O/c28-17-5-4-16(10-19(17)30)13-33-23-11-21(37-27(32)38-23)22-14-34-25(35-22)26(40)36-20-3-1-2-18(29)24(20)39-8-6-15(12-31)7-9-39/h1-5,10-11,14-15H,6-9,12-13,31H2,(H,34,35)(H,36,40)(H3,32,33,37,38). The summed E-state index contributed by atoms with van der Waals surface area (Å²) in [7, 11) is 0. The number of H-pyrrole nitrogens is 1. The number of amides is 1. The molecule has 4 aromatic rings. The van der Waals surface area contributed by atoms with E-state index in [2.05, 4.69) is 30.6 Å². The molecule has 40 heavy (non-hydrogen) atoms. The molecule has 0 unspecified atom stereocenters. The number of hydrogen-bond donors (Lipinski definition) is 5. The van der Waals surface area contributed by atoms with Crippen LogP contribution < -0.4 is 27.0 Å². The zero-order valence-electron chi connectivity index (χ0n) is 21.4. The van der Waals surface area contributed by atoms with Gasteiger partial charge in [0.2, 0.25) is 5.95 Å². The third-order valence-electron chi connectivity index (χ3n) is 6.76. The second-order valence-electron chi connectivity index (χ2n) is 9.49. The summed E-state index contributed by atoms with van der Waals surface area (Å²) >= 11 is 0. The lowest BCUT2D eigenvalue weighted by Gasteiger charge is -2.34. The van der Waals surface area contributed by atoms with Gasteiger partial charge in [0.05, 0.1) is 17.1 Å². The van der Waals surface area contributed by atoms with Crippen molar-refractivity contribution in [1.82, 2.24) is 19.9 Å². The summed E-state index contributed by atoms with van der Waals surface area (Å²) < 4.78 is 41.6.